The Kier molecular flexibility index (Phi) is 3.71. The Morgan fingerprint density at radius 1 is 1.10 bits per heavy atom. The predicted octanol–water partition coefficient (Wildman–Crippen LogP) is 3.69. The first-order valence-corrected chi connectivity index (χ1v) is 6.84. The molecule has 0 aliphatic rings. The van der Waals surface area contributed by atoms with Crippen LogP contribution in [0.25, 0.3) is 10.9 Å². The van der Waals surface area contributed by atoms with Crippen molar-refractivity contribution in [3.63, 3.8) is 0 Å². The predicted molar refractivity (Wildman–Crippen MR) is 80.2 cm³/mol. The highest BCUT2D eigenvalue weighted by atomic mass is 19.2. The molecule has 0 fully saturated rings. The largest absolute Gasteiger partial charge is 0.343 e. The van der Waals surface area contributed by atoms with Gasteiger partial charge in [0.15, 0.2) is 11.6 Å². The minimum absolute atomic E-state index is 0.318. The van der Waals surface area contributed by atoms with Gasteiger partial charge in [0, 0.05) is 23.8 Å². The molecule has 3 aromatic rings. The van der Waals surface area contributed by atoms with Gasteiger partial charge < -0.3 is 9.88 Å². The Bertz CT molecular complexity index is 778. The maximum absolute atomic E-state index is 13.8. The summed E-state index contributed by atoms with van der Waals surface area (Å²) in [5, 5.41) is 4.21. The normalized spacial score (nSPS) is 11.2. The third-order valence-corrected chi connectivity index (χ3v) is 3.59. The standard InChI is InChI=1S/C17H16F2N2/c1-20-10-12-5-6-16-13(9-12)7-8-21(16)11-14-3-2-4-15(18)17(14)19/h2-9,20H,10-11H2,1H3. The average molecular weight is 286 g/mol. The van der Waals surface area contributed by atoms with Gasteiger partial charge in [-0.25, -0.2) is 8.78 Å². The fraction of sp³-hybridized carbons (Fsp3) is 0.176. The minimum atomic E-state index is -0.805. The molecule has 4 heteroatoms. The van der Waals surface area contributed by atoms with Crippen LogP contribution < -0.4 is 5.32 Å². The molecule has 21 heavy (non-hydrogen) atoms. The molecule has 0 aliphatic carbocycles. The van der Waals surface area contributed by atoms with Gasteiger partial charge in [-0.15, -0.1) is 0 Å². The van der Waals surface area contributed by atoms with Crippen molar-refractivity contribution in [1.29, 1.82) is 0 Å². The van der Waals surface area contributed by atoms with Gasteiger partial charge in [-0.05, 0) is 42.3 Å². The molecule has 2 nitrogen and oxygen atoms in total. The molecule has 1 heterocycles. The van der Waals surface area contributed by atoms with Crippen LogP contribution in [0.2, 0.25) is 0 Å². The molecule has 1 aromatic heterocycles. The van der Waals surface area contributed by atoms with Crippen LogP contribution in [0.3, 0.4) is 0 Å². The average Bonchev–Trinajstić information content (AvgIpc) is 2.87. The highest BCUT2D eigenvalue weighted by Crippen LogP contribution is 2.20. The van der Waals surface area contributed by atoms with E-state index in [0.717, 1.165) is 23.5 Å². The van der Waals surface area contributed by atoms with Crippen molar-refractivity contribution in [2.45, 2.75) is 13.1 Å². The van der Waals surface area contributed by atoms with E-state index in [0.29, 0.717) is 12.1 Å². The number of hydrogen-bond acceptors (Lipinski definition) is 1. The van der Waals surface area contributed by atoms with Gasteiger partial charge in [0.25, 0.3) is 0 Å². The van der Waals surface area contributed by atoms with Crippen molar-refractivity contribution in [1.82, 2.24) is 9.88 Å². The summed E-state index contributed by atoms with van der Waals surface area (Å²) < 4.78 is 29.0. The van der Waals surface area contributed by atoms with E-state index < -0.39 is 11.6 Å². The van der Waals surface area contributed by atoms with Crippen molar-refractivity contribution in [3.05, 3.63) is 71.4 Å². The van der Waals surface area contributed by atoms with E-state index in [9.17, 15) is 8.78 Å². The number of benzene rings is 2. The van der Waals surface area contributed by atoms with Gasteiger partial charge >= 0.3 is 0 Å². The lowest BCUT2D eigenvalue weighted by Crippen LogP contribution is -2.05. The molecule has 1 N–H and O–H groups in total. The van der Waals surface area contributed by atoms with Crippen molar-refractivity contribution < 1.29 is 8.78 Å². The van der Waals surface area contributed by atoms with Crippen LogP contribution in [0.4, 0.5) is 8.78 Å². The van der Waals surface area contributed by atoms with Crippen LogP contribution in [0.1, 0.15) is 11.1 Å². The molecule has 0 amide bonds. The van der Waals surface area contributed by atoms with Gasteiger partial charge in [-0.1, -0.05) is 18.2 Å². The number of aromatic nitrogens is 1. The number of fused-ring (bicyclic) bond motifs is 1. The fourth-order valence-electron chi connectivity index (χ4n) is 2.56. The molecule has 108 valence electrons. The lowest BCUT2D eigenvalue weighted by Gasteiger charge is -2.08. The van der Waals surface area contributed by atoms with Crippen molar-refractivity contribution in [3.8, 4) is 0 Å². The summed E-state index contributed by atoms with van der Waals surface area (Å²) in [7, 11) is 1.90. The van der Waals surface area contributed by atoms with Crippen molar-refractivity contribution in [2.75, 3.05) is 7.05 Å². The lowest BCUT2D eigenvalue weighted by molar-refractivity contribution is 0.496. The molecule has 0 unspecified atom stereocenters. The van der Waals surface area contributed by atoms with E-state index in [4.69, 9.17) is 0 Å². The Morgan fingerprint density at radius 2 is 1.95 bits per heavy atom. The van der Waals surface area contributed by atoms with Gasteiger partial charge in [-0.2, -0.15) is 0 Å². The molecule has 2 aromatic carbocycles. The maximum Gasteiger partial charge on any atom is 0.163 e. The summed E-state index contributed by atoms with van der Waals surface area (Å²) in [5.74, 6) is -1.58. The van der Waals surface area contributed by atoms with Crippen molar-refractivity contribution >= 4 is 10.9 Å². The molecule has 0 atom stereocenters. The van der Waals surface area contributed by atoms with E-state index >= 15 is 0 Å². The van der Waals surface area contributed by atoms with Crippen LogP contribution in [0, 0.1) is 11.6 Å². The number of rotatable bonds is 4. The van der Waals surface area contributed by atoms with Gasteiger partial charge in [0.05, 0.1) is 6.54 Å². The van der Waals surface area contributed by atoms with E-state index in [1.54, 1.807) is 6.07 Å². The van der Waals surface area contributed by atoms with Crippen molar-refractivity contribution in [2.24, 2.45) is 0 Å². The Balaban J connectivity index is 1.96. The molecular formula is C17H16F2N2. The van der Waals surface area contributed by atoms with Gasteiger partial charge in [-0.3, -0.25) is 0 Å². The van der Waals surface area contributed by atoms with Gasteiger partial charge in [0.1, 0.15) is 0 Å². The first-order valence-electron chi connectivity index (χ1n) is 6.84. The molecule has 0 saturated heterocycles. The number of nitrogens with one attached hydrogen (secondary N) is 1. The van der Waals surface area contributed by atoms with Crippen LogP contribution in [0.5, 0.6) is 0 Å². The SMILES string of the molecule is CNCc1ccc2c(ccn2Cc2cccc(F)c2F)c1. The second-order valence-electron chi connectivity index (χ2n) is 5.08. The smallest absolute Gasteiger partial charge is 0.163 e. The van der Waals surface area contributed by atoms with Crippen LogP contribution in [-0.4, -0.2) is 11.6 Å². The van der Waals surface area contributed by atoms with Crippen LogP contribution in [-0.2, 0) is 13.1 Å². The van der Waals surface area contributed by atoms with E-state index in [1.807, 2.05) is 36.0 Å². The highest BCUT2D eigenvalue weighted by molar-refractivity contribution is 5.81. The topological polar surface area (TPSA) is 17.0 Å². The molecular weight excluding hydrogens is 270 g/mol. The second-order valence-corrected chi connectivity index (χ2v) is 5.08. The Hall–Kier alpha value is -2.20. The summed E-state index contributed by atoms with van der Waals surface area (Å²) in [4.78, 5) is 0. The minimum Gasteiger partial charge on any atom is -0.343 e. The fourth-order valence-corrected chi connectivity index (χ4v) is 2.56. The Morgan fingerprint density at radius 3 is 2.76 bits per heavy atom. The van der Waals surface area contributed by atoms with Gasteiger partial charge in [0.2, 0.25) is 0 Å². The molecule has 0 radical (unpaired) electrons. The quantitative estimate of drug-likeness (QED) is 0.774. The summed E-state index contributed by atoms with van der Waals surface area (Å²) in [5.41, 5.74) is 2.56. The number of halogens is 2. The molecule has 0 spiro atoms. The number of hydrogen-bond donors (Lipinski definition) is 1. The Labute approximate surface area is 122 Å². The zero-order chi connectivity index (χ0) is 14.8. The molecule has 3 rings (SSSR count). The van der Waals surface area contributed by atoms with Crippen LogP contribution >= 0.6 is 0 Å². The third-order valence-electron chi connectivity index (χ3n) is 3.59. The van der Waals surface area contributed by atoms with E-state index in [2.05, 4.69) is 11.4 Å². The zero-order valence-corrected chi connectivity index (χ0v) is 11.7. The first-order chi connectivity index (χ1) is 10.2. The first kappa shape index (κ1) is 13.8. The second kappa shape index (κ2) is 5.66. The summed E-state index contributed by atoms with van der Waals surface area (Å²) in [6.45, 7) is 1.12. The van der Waals surface area contributed by atoms with Crippen LogP contribution in [0.15, 0.2) is 48.7 Å². The molecule has 0 saturated carbocycles. The molecule has 0 aliphatic heterocycles. The number of nitrogens with zero attached hydrogens (tertiary/aromatic N) is 1. The maximum atomic E-state index is 13.8. The summed E-state index contributed by atoms with van der Waals surface area (Å²) in [6, 6.07) is 12.4. The monoisotopic (exact) mass is 286 g/mol. The molecule has 0 bridgehead atoms. The lowest BCUT2D eigenvalue weighted by atomic mass is 10.1. The third kappa shape index (κ3) is 2.67. The summed E-state index contributed by atoms with van der Waals surface area (Å²) in [6.07, 6.45) is 1.90. The highest BCUT2D eigenvalue weighted by Gasteiger charge is 2.09. The van der Waals surface area contributed by atoms with E-state index in [1.165, 1.54) is 11.6 Å². The summed E-state index contributed by atoms with van der Waals surface area (Å²) >= 11 is 0. The zero-order valence-electron chi connectivity index (χ0n) is 11.7. The van der Waals surface area contributed by atoms with E-state index in [-0.39, 0.29) is 0 Å².